The lowest BCUT2D eigenvalue weighted by Crippen LogP contribution is -2.22. The van der Waals surface area contributed by atoms with Gasteiger partial charge in [-0.15, -0.1) is 5.10 Å². The second-order valence-corrected chi connectivity index (χ2v) is 5.65. The monoisotopic (exact) mass is 277 g/mol. The van der Waals surface area contributed by atoms with Crippen LogP contribution in [0.2, 0.25) is 0 Å². The van der Waals surface area contributed by atoms with Crippen LogP contribution in [0.3, 0.4) is 0 Å². The molecular formula is C9H19N5O3S. The predicted octanol–water partition coefficient (Wildman–Crippen LogP) is -0.169. The Bertz CT molecular complexity index is 459. The van der Waals surface area contributed by atoms with E-state index in [0.717, 1.165) is 13.0 Å². The smallest absolute Gasteiger partial charge is 0.315 e. The van der Waals surface area contributed by atoms with Crippen molar-refractivity contribution in [2.75, 3.05) is 24.2 Å². The van der Waals surface area contributed by atoms with Crippen molar-refractivity contribution in [2.45, 2.75) is 26.3 Å². The number of aromatic nitrogens is 2. The summed E-state index contributed by atoms with van der Waals surface area (Å²) in [6, 6.07) is 0.157. The summed E-state index contributed by atoms with van der Waals surface area (Å²) in [4.78, 5) is 0. The van der Waals surface area contributed by atoms with Gasteiger partial charge in [0.1, 0.15) is 0 Å². The van der Waals surface area contributed by atoms with Gasteiger partial charge in [-0.05, 0) is 19.9 Å². The van der Waals surface area contributed by atoms with Crippen molar-refractivity contribution in [3.8, 4) is 0 Å². The molecule has 1 unspecified atom stereocenters. The summed E-state index contributed by atoms with van der Waals surface area (Å²) in [5.74, 6) is 0.274. The van der Waals surface area contributed by atoms with Gasteiger partial charge >= 0.3 is 6.01 Å². The summed E-state index contributed by atoms with van der Waals surface area (Å²) in [7, 11) is -3.48. The first-order chi connectivity index (χ1) is 8.42. The lowest BCUT2D eigenvalue weighted by molar-refractivity contribution is 0.423. The molecule has 0 spiro atoms. The minimum absolute atomic E-state index is 0.0359. The normalized spacial score (nSPS) is 13.5. The van der Waals surface area contributed by atoms with Crippen LogP contribution in [0.1, 0.15) is 32.2 Å². The first-order valence-electron chi connectivity index (χ1n) is 5.73. The molecule has 9 heteroatoms. The molecule has 104 valence electrons. The van der Waals surface area contributed by atoms with Crippen LogP contribution in [0, 0.1) is 0 Å². The molecule has 1 rings (SSSR count). The Morgan fingerprint density at radius 1 is 1.39 bits per heavy atom. The third kappa shape index (κ3) is 5.43. The molecule has 0 amide bonds. The fraction of sp³-hybridized carbons (Fsp3) is 0.778. The van der Waals surface area contributed by atoms with E-state index in [4.69, 9.17) is 9.56 Å². The highest BCUT2D eigenvalue weighted by Crippen LogP contribution is 2.13. The SMILES string of the molecule is CCCNC(C)c1nnc(NCCS(N)(=O)=O)o1. The van der Waals surface area contributed by atoms with Crippen molar-refractivity contribution in [1.29, 1.82) is 0 Å². The van der Waals surface area contributed by atoms with Gasteiger partial charge < -0.3 is 15.1 Å². The zero-order valence-electron chi connectivity index (χ0n) is 10.5. The van der Waals surface area contributed by atoms with Crippen molar-refractivity contribution >= 4 is 16.0 Å². The van der Waals surface area contributed by atoms with E-state index in [-0.39, 0.29) is 24.4 Å². The van der Waals surface area contributed by atoms with E-state index >= 15 is 0 Å². The van der Waals surface area contributed by atoms with Crippen molar-refractivity contribution in [1.82, 2.24) is 15.5 Å². The molecular weight excluding hydrogens is 258 g/mol. The molecule has 0 saturated carbocycles. The van der Waals surface area contributed by atoms with E-state index in [1.165, 1.54) is 0 Å². The highest BCUT2D eigenvalue weighted by atomic mass is 32.2. The molecule has 0 saturated heterocycles. The Kier molecular flexibility index (Phi) is 5.51. The van der Waals surface area contributed by atoms with Gasteiger partial charge in [-0.25, -0.2) is 13.6 Å². The van der Waals surface area contributed by atoms with Crippen LogP contribution in [0.4, 0.5) is 6.01 Å². The molecule has 1 heterocycles. The Morgan fingerprint density at radius 2 is 2.11 bits per heavy atom. The fourth-order valence-corrected chi connectivity index (χ4v) is 1.62. The van der Waals surface area contributed by atoms with Crippen molar-refractivity contribution in [2.24, 2.45) is 5.14 Å². The van der Waals surface area contributed by atoms with Gasteiger partial charge in [0, 0.05) is 6.54 Å². The van der Waals surface area contributed by atoms with Gasteiger partial charge in [0.15, 0.2) is 0 Å². The lowest BCUT2D eigenvalue weighted by atomic mass is 10.3. The van der Waals surface area contributed by atoms with E-state index < -0.39 is 10.0 Å². The highest BCUT2D eigenvalue weighted by molar-refractivity contribution is 7.89. The first kappa shape index (κ1) is 14.9. The maximum atomic E-state index is 10.7. The molecule has 4 N–H and O–H groups in total. The Balaban J connectivity index is 2.43. The number of anilines is 1. The molecule has 18 heavy (non-hydrogen) atoms. The summed E-state index contributed by atoms with van der Waals surface area (Å²) in [5.41, 5.74) is 0. The number of rotatable bonds is 8. The quantitative estimate of drug-likeness (QED) is 0.602. The second-order valence-electron chi connectivity index (χ2n) is 3.92. The Hall–Kier alpha value is -1.19. The summed E-state index contributed by atoms with van der Waals surface area (Å²) in [6.07, 6.45) is 1.01. The standard InChI is InChI=1S/C9H19N5O3S/c1-3-4-11-7(2)8-13-14-9(17-8)12-5-6-18(10,15)16/h7,11H,3-6H2,1-2H3,(H,12,14)(H2,10,15,16). The zero-order chi connectivity index (χ0) is 13.6. The largest absolute Gasteiger partial charge is 0.406 e. The number of hydrogen-bond donors (Lipinski definition) is 3. The van der Waals surface area contributed by atoms with E-state index in [1.807, 2.05) is 6.92 Å². The van der Waals surface area contributed by atoms with Crippen molar-refractivity contribution < 1.29 is 12.8 Å². The van der Waals surface area contributed by atoms with Crippen molar-refractivity contribution in [3.05, 3.63) is 5.89 Å². The average molecular weight is 277 g/mol. The molecule has 0 aliphatic heterocycles. The number of hydrogen-bond acceptors (Lipinski definition) is 7. The van der Waals surface area contributed by atoms with Crippen LogP contribution in [0.15, 0.2) is 4.42 Å². The van der Waals surface area contributed by atoms with Crippen LogP contribution in [0.25, 0.3) is 0 Å². The number of nitrogens with zero attached hydrogens (tertiary/aromatic N) is 2. The number of nitrogens with two attached hydrogens (primary N) is 1. The van der Waals surface area contributed by atoms with E-state index in [0.29, 0.717) is 5.89 Å². The number of nitrogens with one attached hydrogen (secondary N) is 2. The van der Waals surface area contributed by atoms with Crippen molar-refractivity contribution in [3.63, 3.8) is 0 Å². The highest BCUT2D eigenvalue weighted by Gasteiger charge is 2.13. The first-order valence-corrected chi connectivity index (χ1v) is 7.45. The average Bonchev–Trinajstić information content (AvgIpc) is 2.73. The molecule has 1 aromatic heterocycles. The number of sulfonamides is 1. The molecule has 1 atom stereocenters. The molecule has 0 bridgehead atoms. The summed E-state index contributed by atoms with van der Waals surface area (Å²) in [5, 5.41) is 18.4. The van der Waals surface area contributed by atoms with Crippen LogP contribution in [-0.2, 0) is 10.0 Å². The molecule has 1 aromatic rings. The Morgan fingerprint density at radius 3 is 2.72 bits per heavy atom. The minimum atomic E-state index is -3.48. The van der Waals surface area contributed by atoms with Gasteiger partial charge in [-0.1, -0.05) is 12.0 Å². The van der Waals surface area contributed by atoms with Gasteiger partial charge in [0.2, 0.25) is 15.9 Å². The molecule has 0 aromatic carbocycles. The van der Waals surface area contributed by atoms with E-state index in [9.17, 15) is 8.42 Å². The Labute approximate surface area is 106 Å². The molecule has 0 radical (unpaired) electrons. The van der Waals surface area contributed by atoms with Crippen LogP contribution in [-0.4, -0.2) is 37.5 Å². The third-order valence-corrected chi connectivity index (χ3v) is 2.95. The number of primary sulfonamides is 1. The predicted molar refractivity (Wildman–Crippen MR) is 67.5 cm³/mol. The maximum Gasteiger partial charge on any atom is 0.315 e. The maximum absolute atomic E-state index is 10.7. The van der Waals surface area contributed by atoms with Gasteiger partial charge in [0.25, 0.3) is 0 Å². The summed E-state index contributed by atoms with van der Waals surface area (Å²) < 4.78 is 26.8. The molecule has 0 fully saturated rings. The zero-order valence-corrected chi connectivity index (χ0v) is 11.3. The van der Waals surface area contributed by atoms with Gasteiger partial charge in [0.05, 0.1) is 11.8 Å². The van der Waals surface area contributed by atoms with Crippen LogP contribution in [0.5, 0.6) is 0 Å². The van der Waals surface area contributed by atoms with Crippen LogP contribution < -0.4 is 15.8 Å². The molecule has 8 nitrogen and oxygen atoms in total. The molecule has 0 aliphatic carbocycles. The molecule has 0 aliphatic rings. The topological polar surface area (TPSA) is 123 Å². The second kappa shape index (κ2) is 6.66. The summed E-state index contributed by atoms with van der Waals surface area (Å²) >= 11 is 0. The van der Waals surface area contributed by atoms with Crippen LogP contribution >= 0.6 is 0 Å². The van der Waals surface area contributed by atoms with E-state index in [1.54, 1.807) is 0 Å². The fourth-order valence-electron chi connectivity index (χ4n) is 1.23. The van der Waals surface area contributed by atoms with E-state index in [2.05, 4.69) is 27.8 Å². The lowest BCUT2D eigenvalue weighted by Gasteiger charge is -2.07. The van der Waals surface area contributed by atoms with Gasteiger partial charge in [-0.3, -0.25) is 0 Å². The van der Waals surface area contributed by atoms with Gasteiger partial charge in [-0.2, -0.15) is 0 Å². The summed E-state index contributed by atoms with van der Waals surface area (Å²) in [6.45, 7) is 4.97. The minimum Gasteiger partial charge on any atom is -0.406 e. The third-order valence-electron chi connectivity index (χ3n) is 2.17.